The molecular formula is C16H25N3O3. The molecule has 0 spiro atoms. The molecule has 2 aliphatic rings. The van der Waals surface area contributed by atoms with Crippen molar-refractivity contribution < 1.29 is 14.4 Å². The highest BCUT2D eigenvalue weighted by Gasteiger charge is 2.29. The van der Waals surface area contributed by atoms with Crippen molar-refractivity contribution in [1.82, 2.24) is 15.0 Å². The molecular weight excluding hydrogens is 282 g/mol. The Morgan fingerprint density at radius 1 is 1.36 bits per heavy atom. The smallest absolute Gasteiger partial charge is 0.226 e. The Morgan fingerprint density at radius 3 is 2.91 bits per heavy atom. The van der Waals surface area contributed by atoms with E-state index < -0.39 is 0 Å². The third-order valence-electron chi connectivity index (χ3n) is 4.77. The molecule has 2 unspecified atom stereocenters. The van der Waals surface area contributed by atoms with Gasteiger partial charge in [0.15, 0.2) is 5.82 Å². The monoisotopic (exact) mass is 307 g/mol. The lowest BCUT2D eigenvalue weighted by atomic mass is 9.93. The number of nitrogens with zero attached hydrogens (tertiary/aromatic N) is 3. The van der Waals surface area contributed by atoms with Gasteiger partial charge in [-0.3, -0.25) is 4.79 Å². The molecule has 0 aromatic carbocycles. The second kappa shape index (κ2) is 6.77. The van der Waals surface area contributed by atoms with Crippen LogP contribution in [0, 0.1) is 5.92 Å². The fourth-order valence-corrected chi connectivity index (χ4v) is 3.09. The molecule has 1 aromatic heterocycles. The van der Waals surface area contributed by atoms with E-state index in [0.29, 0.717) is 31.2 Å². The van der Waals surface area contributed by atoms with Gasteiger partial charge in [0, 0.05) is 38.0 Å². The quantitative estimate of drug-likeness (QED) is 0.868. The number of likely N-dealkylation sites (tertiary alicyclic amines) is 1. The Bertz CT molecular complexity index is 512. The zero-order chi connectivity index (χ0) is 15.5. The lowest BCUT2D eigenvalue weighted by Gasteiger charge is -2.37. The first-order valence-corrected chi connectivity index (χ1v) is 8.40. The van der Waals surface area contributed by atoms with E-state index in [1.807, 2.05) is 4.90 Å². The molecule has 1 aliphatic carbocycles. The number of aliphatic hydroxyl groups excluding tert-OH is 1. The van der Waals surface area contributed by atoms with Crippen molar-refractivity contribution in [2.24, 2.45) is 5.92 Å². The molecule has 1 amide bonds. The molecule has 122 valence electrons. The molecule has 3 rings (SSSR count). The van der Waals surface area contributed by atoms with Crippen molar-refractivity contribution in [1.29, 1.82) is 0 Å². The summed E-state index contributed by atoms with van der Waals surface area (Å²) in [6, 6.07) is 0.278. The number of carbonyl (C=O) groups is 1. The Labute approximate surface area is 130 Å². The summed E-state index contributed by atoms with van der Waals surface area (Å²) in [5, 5.41) is 13.3. The molecule has 22 heavy (non-hydrogen) atoms. The van der Waals surface area contributed by atoms with Crippen LogP contribution in [-0.4, -0.2) is 45.2 Å². The van der Waals surface area contributed by atoms with Crippen molar-refractivity contribution in [3.63, 3.8) is 0 Å². The molecule has 2 atom stereocenters. The topological polar surface area (TPSA) is 79.5 Å². The van der Waals surface area contributed by atoms with E-state index in [0.717, 1.165) is 37.9 Å². The number of carbonyl (C=O) groups excluding carboxylic acids is 1. The summed E-state index contributed by atoms with van der Waals surface area (Å²) in [6.45, 7) is 2.94. The Hall–Kier alpha value is -1.43. The van der Waals surface area contributed by atoms with Crippen LogP contribution in [0.5, 0.6) is 0 Å². The zero-order valence-electron chi connectivity index (χ0n) is 13.2. The molecule has 0 bridgehead atoms. The van der Waals surface area contributed by atoms with Gasteiger partial charge in [-0.05, 0) is 44.9 Å². The van der Waals surface area contributed by atoms with Crippen LogP contribution >= 0.6 is 0 Å². The second-order valence-electron chi connectivity index (χ2n) is 6.70. The number of aryl methyl sites for hydroxylation is 1. The lowest BCUT2D eigenvalue weighted by Crippen LogP contribution is -2.46. The summed E-state index contributed by atoms with van der Waals surface area (Å²) in [5.74, 6) is 2.39. The number of aliphatic hydroxyl groups is 1. The standard InChI is InChI=1S/C16H25N3O3/c1-11-5-6-12(10-20)9-19(11)15(21)4-2-3-14-17-16(18-22-14)13-7-8-13/h11-13,20H,2-10H2,1H3. The number of hydrogen-bond acceptors (Lipinski definition) is 5. The van der Waals surface area contributed by atoms with E-state index in [1.165, 1.54) is 0 Å². The van der Waals surface area contributed by atoms with E-state index in [-0.39, 0.29) is 24.5 Å². The Balaban J connectivity index is 1.44. The van der Waals surface area contributed by atoms with Crippen molar-refractivity contribution >= 4 is 5.91 Å². The van der Waals surface area contributed by atoms with Crippen LogP contribution in [0.25, 0.3) is 0 Å². The highest BCUT2D eigenvalue weighted by atomic mass is 16.5. The number of hydrogen-bond donors (Lipinski definition) is 1. The zero-order valence-corrected chi connectivity index (χ0v) is 13.2. The molecule has 6 nitrogen and oxygen atoms in total. The molecule has 0 radical (unpaired) electrons. The van der Waals surface area contributed by atoms with E-state index >= 15 is 0 Å². The largest absolute Gasteiger partial charge is 0.396 e. The van der Waals surface area contributed by atoms with Crippen LogP contribution in [-0.2, 0) is 11.2 Å². The van der Waals surface area contributed by atoms with Gasteiger partial charge in [0.1, 0.15) is 0 Å². The first-order valence-electron chi connectivity index (χ1n) is 8.40. The van der Waals surface area contributed by atoms with Gasteiger partial charge >= 0.3 is 0 Å². The van der Waals surface area contributed by atoms with Crippen LogP contribution in [0.4, 0.5) is 0 Å². The first-order chi connectivity index (χ1) is 10.7. The summed E-state index contributed by atoms with van der Waals surface area (Å²) in [5.41, 5.74) is 0. The van der Waals surface area contributed by atoms with Gasteiger partial charge in [0.05, 0.1) is 0 Å². The maximum Gasteiger partial charge on any atom is 0.226 e. The molecule has 1 saturated heterocycles. The van der Waals surface area contributed by atoms with Gasteiger partial charge in [0.25, 0.3) is 0 Å². The first kappa shape index (κ1) is 15.5. The average molecular weight is 307 g/mol. The number of amides is 1. The minimum absolute atomic E-state index is 0.169. The van der Waals surface area contributed by atoms with Crippen LogP contribution in [0.3, 0.4) is 0 Å². The van der Waals surface area contributed by atoms with Gasteiger partial charge in [-0.2, -0.15) is 4.98 Å². The maximum atomic E-state index is 12.4. The van der Waals surface area contributed by atoms with Crippen LogP contribution in [0.1, 0.15) is 63.1 Å². The Kier molecular flexibility index (Phi) is 4.76. The summed E-state index contributed by atoms with van der Waals surface area (Å²) >= 11 is 0. The summed E-state index contributed by atoms with van der Waals surface area (Å²) < 4.78 is 5.23. The van der Waals surface area contributed by atoms with Crippen molar-refractivity contribution in [2.45, 2.75) is 63.8 Å². The predicted octanol–water partition coefficient (Wildman–Crippen LogP) is 1.89. The lowest BCUT2D eigenvalue weighted by molar-refractivity contribution is -0.136. The van der Waals surface area contributed by atoms with Gasteiger partial charge in [0.2, 0.25) is 11.8 Å². The fraction of sp³-hybridized carbons (Fsp3) is 0.812. The average Bonchev–Trinajstić information content (AvgIpc) is 3.27. The summed E-state index contributed by atoms with van der Waals surface area (Å²) in [4.78, 5) is 18.7. The fourth-order valence-electron chi connectivity index (χ4n) is 3.09. The SMILES string of the molecule is CC1CCC(CO)CN1C(=O)CCCc1nc(C2CC2)no1. The third-order valence-corrected chi connectivity index (χ3v) is 4.77. The number of aromatic nitrogens is 2. The van der Waals surface area contributed by atoms with E-state index in [9.17, 15) is 9.90 Å². The van der Waals surface area contributed by atoms with Crippen LogP contribution in [0.15, 0.2) is 4.52 Å². The second-order valence-corrected chi connectivity index (χ2v) is 6.70. The van der Waals surface area contributed by atoms with Crippen molar-refractivity contribution in [3.8, 4) is 0 Å². The normalized spacial score (nSPS) is 25.5. The molecule has 1 saturated carbocycles. The highest BCUT2D eigenvalue weighted by Crippen LogP contribution is 2.38. The summed E-state index contributed by atoms with van der Waals surface area (Å²) in [7, 11) is 0. The highest BCUT2D eigenvalue weighted by molar-refractivity contribution is 5.76. The predicted molar refractivity (Wildman–Crippen MR) is 80.2 cm³/mol. The van der Waals surface area contributed by atoms with Gasteiger partial charge in [-0.25, -0.2) is 0 Å². The van der Waals surface area contributed by atoms with Crippen LogP contribution in [0.2, 0.25) is 0 Å². The molecule has 1 N–H and O–H groups in total. The van der Waals surface area contributed by atoms with E-state index in [1.54, 1.807) is 0 Å². The third kappa shape index (κ3) is 3.66. The molecule has 2 fully saturated rings. The minimum Gasteiger partial charge on any atom is -0.396 e. The van der Waals surface area contributed by atoms with Gasteiger partial charge in [-0.1, -0.05) is 5.16 Å². The molecule has 1 aromatic rings. The number of piperidine rings is 1. The Morgan fingerprint density at radius 2 is 2.18 bits per heavy atom. The maximum absolute atomic E-state index is 12.4. The van der Waals surface area contributed by atoms with E-state index in [2.05, 4.69) is 17.1 Å². The number of rotatable bonds is 6. The summed E-state index contributed by atoms with van der Waals surface area (Å²) in [6.07, 6.45) is 6.21. The minimum atomic E-state index is 0.169. The molecule has 1 aliphatic heterocycles. The van der Waals surface area contributed by atoms with Crippen LogP contribution < -0.4 is 0 Å². The van der Waals surface area contributed by atoms with Crippen molar-refractivity contribution in [3.05, 3.63) is 11.7 Å². The molecule has 2 heterocycles. The van der Waals surface area contributed by atoms with Gasteiger partial charge in [-0.15, -0.1) is 0 Å². The molecule has 6 heteroatoms. The van der Waals surface area contributed by atoms with Gasteiger partial charge < -0.3 is 14.5 Å². The van der Waals surface area contributed by atoms with Crippen molar-refractivity contribution in [2.75, 3.05) is 13.2 Å². The van der Waals surface area contributed by atoms with E-state index in [4.69, 9.17) is 4.52 Å².